The maximum atomic E-state index is 3.58. The lowest BCUT2D eigenvalue weighted by molar-refractivity contribution is 0.552. The second-order valence-corrected chi connectivity index (χ2v) is 5.61. The highest BCUT2D eigenvalue weighted by Gasteiger charge is 2.04. The second-order valence-electron chi connectivity index (χ2n) is 4.63. The quantitative estimate of drug-likeness (QED) is 0.726. The highest BCUT2D eigenvalue weighted by molar-refractivity contribution is 7.10. The van der Waals surface area contributed by atoms with Gasteiger partial charge in [-0.05, 0) is 49.7 Å². The van der Waals surface area contributed by atoms with Crippen LogP contribution in [0.4, 0.5) is 0 Å². The minimum absolute atomic E-state index is 0.488. The Labute approximate surface area is 114 Å². The van der Waals surface area contributed by atoms with E-state index in [1.165, 1.54) is 29.7 Å². The van der Waals surface area contributed by atoms with E-state index in [1.807, 2.05) is 11.3 Å². The van der Waals surface area contributed by atoms with Gasteiger partial charge in [-0.15, -0.1) is 11.3 Å². The predicted octanol–water partition coefficient (Wildman–Crippen LogP) is 4.42. The molecule has 0 amide bonds. The topological polar surface area (TPSA) is 12.0 Å². The van der Waals surface area contributed by atoms with Gasteiger partial charge in [-0.1, -0.05) is 36.4 Å². The van der Waals surface area contributed by atoms with E-state index >= 15 is 0 Å². The highest BCUT2D eigenvalue weighted by atomic mass is 32.1. The molecule has 0 radical (unpaired) electrons. The minimum atomic E-state index is 0.488. The van der Waals surface area contributed by atoms with Crippen LogP contribution in [0.2, 0.25) is 0 Å². The fraction of sp³-hybridized carbons (Fsp3) is 0.375. The smallest absolute Gasteiger partial charge is 0.0386 e. The molecule has 1 nitrogen and oxygen atoms in total. The molecule has 0 spiro atoms. The summed E-state index contributed by atoms with van der Waals surface area (Å²) < 4.78 is 0. The van der Waals surface area contributed by atoms with Crippen molar-refractivity contribution in [1.29, 1.82) is 0 Å². The Hall–Kier alpha value is -1.12. The Morgan fingerprint density at radius 3 is 2.61 bits per heavy atom. The number of thiophene rings is 1. The van der Waals surface area contributed by atoms with Gasteiger partial charge in [0, 0.05) is 10.9 Å². The van der Waals surface area contributed by atoms with Crippen LogP contribution in [-0.2, 0) is 6.42 Å². The molecule has 0 aliphatic heterocycles. The molecule has 1 aromatic carbocycles. The van der Waals surface area contributed by atoms with Crippen molar-refractivity contribution in [3.63, 3.8) is 0 Å². The monoisotopic (exact) mass is 259 g/mol. The Morgan fingerprint density at radius 2 is 1.89 bits per heavy atom. The third kappa shape index (κ3) is 4.28. The van der Waals surface area contributed by atoms with Gasteiger partial charge >= 0.3 is 0 Å². The first-order valence-electron chi connectivity index (χ1n) is 6.67. The van der Waals surface area contributed by atoms with Crippen LogP contribution in [-0.4, -0.2) is 6.54 Å². The van der Waals surface area contributed by atoms with E-state index in [4.69, 9.17) is 0 Å². The van der Waals surface area contributed by atoms with Gasteiger partial charge in [0.2, 0.25) is 0 Å². The molecule has 2 aromatic rings. The van der Waals surface area contributed by atoms with E-state index < -0.39 is 0 Å². The lowest BCUT2D eigenvalue weighted by Gasteiger charge is -2.11. The average Bonchev–Trinajstić information content (AvgIpc) is 2.93. The first-order valence-corrected chi connectivity index (χ1v) is 7.55. The molecule has 1 unspecified atom stereocenters. The molecule has 0 aliphatic rings. The Kier molecular flexibility index (Phi) is 5.43. The molecule has 0 fully saturated rings. The van der Waals surface area contributed by atoms with Crippen molar-refractivity contribution in [2.45, 2.75) is 32.2 Å². The molecular weight excluding hydrogens is 238 g/mol. The van der Waals surface area contributed by atoms with E-state index in [1.54, 1.807) is 0 Å². The Balaban J connectivity index is 1.59. The Morgan fingerprint density at radius 1 is 1.06 bits per heavy atom. The molecule has 96 valence electrons. The maximum absolute atomic E-state index is 3.58. The van der Waals surface area contributed by atoms with Crippen molar-refractivity contribution >= 4 is 11.3 Å². The van der Waals surface area contributed by atoms with Gasteiger partial charge in [-0.2, -0.15) is 0 Å². The third-order valence-corrected chi connectivity index (χ3v) is 4.21. The Bertz CT molecular complexity index is 422. The molecule has 2 heteroatoms. The molecule has 0 aliphatic carbocycles. The van der Waals surface area contributed by atoms with E-state index in [0.717, 1.165) is 6.54 Å². The first-order chi connectivity index (χ1) is 8.86. The number of nitrogens with one attached hydrogen (secondary N) is 1. The predicted molar refractivity (Wildman–Crippen MR) is 80.1 cm³/mol. The van der Waals surface area contributed by atoms with Gasteiger partial charge in [0.1, 0.15) is 0 Å². The number of hydrogen-bond acceptors (Lipinski definition) is 2. The molecule has 2 rings (SSSR count). The zero-order valence-electron chi connectivity index (χ0n) is 10.9. The molecule has 1 atom stereocenters. The fourth-order valence-electron chi connectivity index (χ4n) is 2.06. The lowest BCUT2D eigenvalue weighted by Crippen LogP contribution is -2.19. The molecule has 1 aromatic heterocycles. The van der Waals surface area contributed by atoms with Crippen LogP contribution in [0.15, 0.2) is 47.8 Å². The second kappa shape index (κ2) is 7.34. The fourth-order valence-corrected chi connectivity index (χ4v) is 2.81. The molecule has 18 heavy (non-hydrogen) atoms. The van der Waals surface area contributed by atoms with Crippen LogP contribution in [0.3, 0.4) is 0 Å². The summed E-state index contributed by atoms with van der Waals surface area (Å²) in [4.78, 5) is 1.43. The number of benzene rings is 1. The molecule has 0 saturated carbocycles. The largest absolute Gasteiger partial charge is 0.309 e. The summed E-state index contributed by atoms with van der Waals surface area (Å²) in [5, 5.41) is 5.72. The van der Waals surface area contributed by atoms with Crippen LogP contribution >= 0.6 is 11.3 Å². The van der Waals surface area contributed by atoms with Gasteiger partial charge in [-0.25, -0.2) is 0 Å². The van der Waals surface area contributed by atoms with Crippen molar-refractivity contribution < 1.29 is 0 Å². The van der Waals surface area contributed by atoms with Crippen LogP contribution in [0.5, 0.6) is 0 Å². The zero-order valence-corrected chi connectivity index (χ0v) is 11.7. The van der Waals surface area contributed by atoms with Crippen molar-refractivity contribution in [2.75, 3.05) is 6.54 Å². The van der Waals surface area contributed by atoms with Crippen LogP contribution in [0.25, 0.3) is 0 Å². The van der Waals surface area contributed by atoms with Crippen molar-refractivity contribution in [1.82, 2.24) is 5.32 Å². The summed E-state index contributed by atoms with van der Waals surface area (Å²) >= 11 is 1.83. The summed E-state index contributed by atoms with van der Waals surface area (Å²) in [6, 6.07) is 15.5. The van der Waals surface area contributed by atoms with Crippen molar-refractivity contribution in [3.8, 4) is 0 Å². The van der Waals surface area contributed by atoms with Gasteiger partial charge in [-0.3, -0.25) is 0 Å². The van der Waals surface area contributed by atoms with Gasteiger partial charge < -0.3 is 5.32 Å². The molecule has 0 bridgehead atoms. The molecule has 1 N–H and O–H groups in total. The summed E-state index contributed by atoms with van der Waals surface area (Å²) in [5.74, 6) is 0. The highest BCUT2D eigenvalue weighted by Crippen LogP contribution is 2.17. The van der Waals surface area contributed by atoms with Crippen LogP contribution in [0.1, 0.15) is 36.2 Å². The summed E-state index contributed by atoms with van der Waals surface area (Å²) in [6.45, 7) is 3.34. The number of rotatable bonds is 7. The molecule has 0 saturated heterocycles. The summed E-state index contributed by atoms with van der Waals surface area (Å²) in [6.07, 6.45) is 3.69. The summed E-state index contributed by atoms with van der Waals surface area (Å²) in [7, 11) is 0. The minimum Gasteiger partial charge on any atom is -0.309 e. The molecule has 1 heterocycles. The van der Waals surface area contributed by atoms with Crippen molar-refractivity contribution in [3.05, 3.63) is 58.3 Å². The average molecular weight is 259 g/mol. The van der Waals surface area contributed by atoms with Crippen molar-refractivity contribution in [2.24, 2.45) is 0 Å². The zero-order chi connectivity index (χ0) is 12.6. The number of aryl methyl sites for hydroxylation is 1. The lowest BCUT2D eigenvalue weighted by atomic mass is 10.1. The summed E-state index contributed by atoms with van der Waals surface area (Å²) in [5.41, 5.74) is 1.45. The standard InChI is InChI=1S/C16H21NS/c1-14(16-11-7-13-18-16)17-12-6-5-10-15-8-3-2-4-9-15/h2-4,7-9,11,13-14,17H,5-6,10,12H2,1H3. The third-order valence-electron chi connectivity index (χ3n) is 3.16. The molecular formula is C16H21NS. The van der Waals surface area contributed by atoms with Gasteiger partial charge in [0.05, 0.1) is 0 Å². The normalized spacial score (nSPS) is 12.5. The first kappa shape index (κ1) is 13.3. The van der Waals surface area contributed by atoms with Crippen LogP contribution < -0.4 is 5.32 Å². The van der Waals surface area contributed by atoms with Crippen LogP contribution in [0, 0.1) is 0 Å². The van der Waals surface area contributed by atoms with Gasteiger partial charge in [0.15, 0.2) is 0 Å². The van der Waals surface area contributed by atoms with E-state index in [-0.39, 0.29) is 0 Å². The van der Waals surface area contributed by atoms with Gasteiger partial charge in [0.25, 0.3) is 0 Å². The SMILES string of the molecule is CC(NCCCCc1ccccc1)c1cccs1. The maximum Gasteiger partial charge on any atom is 0.0386 e. The van der Waals surface area contributed by atoms with E-state index in [2.05, 4.69) is 60.1 Å². The van der Waals surface area contributed by atoms with E-state index in [0.29, 0.717) is 6.04 Å². The van der Waals surface area contributed by atoms with E-state index in [9.17, 15) is 0 Å². The number of hydrogen-bond donors (Lipinski definition) is 1. The number of unbranched alkanes of at least 4 members (excludes halogenated alkanes) is 1.